The summed E-state index contributed by atoms with van der Waals surface area (Å²) in [5.41, 5.74) is 4.66. The largest absolute Gasteiger partial charge is 0.482 e. The molecule has 2 rings (SSSR count). The van der Waals surface area contributed by atoms with Gasteiger partial charge in [0.1, 0.15) is 6.23 Å². The highest BCUT2D eigenvalue weighted by molar-refractivity contribution is 7.60. The predicted octanol–water partition coefficient (Wildman–Crippen LogP) is 5.42. The highest BCUT2D eigenvalue weighted by Crippen LogP contribution is 2.58. The van der Waals surface area contributed by atoms with Crippen molar-refractivity contribution < 1.29 is 32.6 Å². The average Bonchev–Trinajstić information content (AvgIpc) is 2.71. The summed E-state index contributed by atoms with van der Waals surface area (Å²) in [6.45, 7) is 8.62. The number of nitrogens with one attached hydrogen (secondary N) is 1. The van der Waals surface area contributed by atoms with Gasteiger partial charge in [0.05, 0.1) is 0 Å². The summed E-state index contributed by atoms with van der Waals surface area (Å²) < 4.78 is 32.1. The lowest BCUT2D eigenvalue weighted by atomic mass is 9.85. The third-order valence-electron chi connectivity index (χ3n) is 5.41. The third kappa shape index (κ3) is 9.44. The van der Waals surface area contributed by atoms with Crippen molar-refractivity contribution in [2.24, 2.45) is 0 Å². The Morgan fingerprint density at radius 1 is 0.879 bits per heavy atom. The van der Waals surface area contributed by atoms with Crippen LogP contribution in [-0.2, 0) is 24.4 Å². The standard InChI is InChI=1S/C23H35NO7P2/c1-16(2)20-11-18(12-21(14-20)17(3)4)13-22(19-9-7-6-8-10-19)15-23(24-5)30-33(28,29)31-32(25,26)27/h6-12,14,16-17,22-24H,13,15H2,1-5H3,(H,28,29)(H2,25,26,27). The molecule has 4 N–H and O–H groups in total. The van der Waals surface area contributed by atoms with E-state index < -0.39 is 21.9 Å². The molecular weight excluding hydrogens is 464 g/mol. The van der Waals surface area contributed by atoms with Gasteiger partial charge >= 0.3 is 15.6 Å². The zero-order valence-corrected chi connectivity index (χ0v) is 21.5. The molecule has 0 aliphatic rings. The zero-order valence-electron chi connectivity index (χ0n) is 19.7. The van der Waals surface area contributed by atoms with Crippen LogP contribution < -0.4 is 5.32 Å². The lowest BCUT2D eigenvalue weighted by Crippen LogP contribution is -2.30. The number of hydrogen-bond donors (Lipinski definition) is 4. The normalized spacial score (nSPS) is 16.1. The number of phosphoric ester groups is 1. The van der Waals surface area contributed by atoms with E-state index in [0.29, 0.717) is 18.3 Å². The van der Waals surface area contributed by atoms with Crippen LogP contribution in [0.3, 0.4) is 0 Å². The Morgan fingerprint density at radius 2 is 1.42 bits per heavy atom. The van der Waals surface area contributed by atoms with E-state index >= 15 is 0 Å². The van der Waals surface area contributed by atoms with Gasteiger partial charge in [-0.15, -0.1) is 0 Å². The van der Waals surface area contributed by atoms with Gasteiger partial charge in [0, 0.05) is 0 Å². The van der Waals surface area contributed by atoms with Gasteiger partial charge in [0.2, 0.25) is 0 Å². The minimum absolute atomic E-state index is 0.0962. The first kappa shape index (κ1) is 27.9. The number of hydrogen-bond acceptors (Lipinski definition) is 5. The van der Waals surface area contributed by atoms with Crippen molar-refractivity contribution >= 4 is 15.6 Å². The highest BCUT2D eigenvalue weighted by atomic mass is 31.3. The van der Waals surface area contributed by atoms with Crippen molar-refractivity contribution in [3.8, 4) is 0 Å². The Labute approximate surface area is 196 Å². The van der Waals surface area contributed by atoms with Gasteiger partial charge in [-0.25, -0.2) is 9.13 Å². The van der Waals surface area contributed by atoms with E-state index in [2.05, 4.69) is 55.5 Å². The Hall–Kier alpha value is -1.34. The molecule has 10 heteroatoms. The molecule has 0 aliphatic carbocycles. The average molecular weight is 499 g/mol. The summed E-state index contributed by atoms with van der Waals surface area (Å²) in [5, 5.41) is 2.80. The van der Waals surface area contributed by atoms with Crippen molar-refractivity contribution in [1.29, 1.82) is 0 Å². The van der Waals surface area contributed by atoms with Crippen LogP contribution in [0.4, 0.5) is 0 Å². The van der Waals surface area contributed by atoms with Crippen LogP contribution in [0.1, 0.15) is 74.1 Å². The maximum absolute atomic E-state index is 12.1. The van der Waals surface area contributed by atoms with E-state index in [1.807, 2.05) is 30.3 Å². The lowest BCUT2D eigenvalue weighted by Gasteiger charge is -2.26. The first-order valence-electron chi connectivity index (χ1n) is 10.9. The SMILES string of the molecule is CNC(CC(Cc1cc(C(C)C)cc(C(C)C)c1)c1ccccc1)OP(=O)(O)OP(=O)(O)O. The number of benzene rings is 2. The maximum atomic E-state index is 12.1. The summed E-state index contributed by atoms with van der Waals surface area (Å²) >= 11 is 0. The van der Waals surface area contributed by atoms with Crippen LogP contribution in [-0.4, -0.2) is 28.0 Å². The van der Waals surface area contributed by atoms with Gasteiger partial charge in [-0.2, -0.15) is 4.31 Å². The molecule has 0 radical (unpaired) electrons. The summed E-state index contributed by atoms with van der Waals surface area (Å²) in [6.07, 6.45) is -0.0465. The Kier molecular flexibility index (Phi) is 10.0. The van der Waals surface area contributed by atoms with Gasteiger partial charge in [-0.3, -0.25) is 9.84 Å². The molecule has 33 heavy (non-hydrogen) atoms. The lowest BCUT2D eigenvalue weighted by molar-refractivity contribution is 0.0986. The van der Waals surface area contributed by atoms with E-state index in [-0.39, 0.29) is 12.3 Å². The molecule has 8 nitrogen and oxygen atoms in total. The smallest absolute Gasteiger partial charge is 0.302 e. The molecule has 0 amide bonds. The fourth-order valence-electron chi connectivity index (χ4n) is 3.66. The molecule has 0 saturated heterocycles. The van der Waals surface area contributed by atoms with Crippen LogP contribution in [0.2, 0.25) is 0 Å². The summed E-state index contributed by atoms with van der Waals surface area (Å²) in [6, 6.07) is 16.3. The van der Waals surface area contributed by atoms with E-state index in [1.54, 1.807) is 7.05 Å². The maximum Gasteiger partial charge on any atom is 0.482 e. The van der Waals surface area contributed by atoms with Crippen LogP contribution in [0.5, 0.6) is 0 Å². The van der Waals surface area contributed by atoms with Crippen molar-refractivity contribution in [2.45, 2.75) is 64.5 Å². The van der Waals surface area contributed by atoms with Gasteiger partial charge in [0.15, 0.2) is 0 Å². The Bertz CT molecular complexity index is 965. The monoisotopic (exact) mass is 499 g/mol. The predicted molar refractivity (Wildman–Crippen MR) is 129 cm³/mol. The van der Waals surface area contributed by atoms with E-state index in [0.717, 1.165) is 11.1 Å². The molecule has 3 atom stereocenters. The highest BCUT2D eigenvalue weighted by Gasteiger charge is 2.35. The van der Waals surface area contributed by atoms with Crippen LogP contribution >= 0.6 is 15.6 Å². The number of phosphoric acid groups is 2. The fraction of sp³-hybridized carbons (Fsp3) is 0.478. The molecule has 2 aromatic rings. The van der Waals surface area contributed by atoms with Crippen molar-refractivity contribution in [3.63, 3.8) is 0 Å². The molecule has 2 aromatic carbocycles. The molecule has 0 fully saturated rings. The molecule has 0 aliphatic heterocycles. The van der Waals surface area contributed by atoms with Crippen molar-refractivity contribution in [1.82, 2.24) is 5.32 Å². The quantitative estimate of drug-likeness (QED) is 0.225. The van der Waals surface area contributed by atoms with Crippen LogP contribution in [0.25, 0.3) is 0 Å². The van der Waals surface area contributed by atoms with Gasteiger partial charge in [-0.1, -0.05) is 76.2 Å². The summed E-state index contributed by atoms with van der Waals surface area (Å²) in [7, 11) is -8.64. The molecular formula is C23H35NO7P2. The minimum Gasteiger partial charge on any atom is -0.302 e. The van der Waals surface area contributed by atoms with Gasteiger partial charge in [0.25, 0.3) is 0 Å². The third-order valence-corrected chi connectivity index (χ3v) is 7.61. The molecule has 3 unspecified atom stereocenters. The van der Waals surface area contributed by atoms with E-state index in [4.69, 9.17) is 14.3 Å². The first-order chi connectivity index (χ1) is 15.3. The van der Waals surface area contributed by atoms with Crippen LogP contribution in [0.15, 0.2) is 48.5 Å². The minimum atomic E-state index is -5.20. The molecule has 0 bridgehead atoms. The summed E-state index contributed by atoms with van der Waals surface area (Å²) in [5.74, 6) is 0.647. The second-order valence-corrected chi connectivity index (χ2v) is 11.6. The second-order valence-electron chi connectivity index (χ2n) is 8.79. The molecule has 0 heterocycles. The zero-order chi connectivity index (χ0) is 24.8. The van der Waals surface area contributed by atoms with Gasteiger partial charge in [-0.05, 0) is 59.9 Å². The Morgan fingerprint density at radius 3 is 1.88 bits per heavy atom. The van der Waals surface area contributed by atoms with E-state index in [1.165, 1.54) is 11.1 Å². The van der Waals surface area contributed by atoms with Gasteiger partial charge < -0.3 is 14.7 Å². The first-order valence-corrected chi connectivity index (χ1v) is 14.0. The number of rotatable bonds is 12. The molecule has 0 spiro atoms. The Balaban J connectivity index is 2.35. The fourth-order valence-corrected chi connectivity index (χ4v) is 5.41. The molecule has 0 saturated carbocycles. The topological polar surface area (TPSA) is 125 Å². The second kappa shape index (κ2) is 11.9. The van der Waals surface area contributed by atoms with Crippen molar-refractivity contribution in [2.75, 3.05) is 7.05 Å². The van der Waals surface area contributed by atoms with Crippen LogP contribution in [0, 0.1) is 0 Å². The molecule has 184 valence electrons. The molecule has 0 aromatic heterocycles. The van der Waals surface area contributed by atoms with E-state index in [9.17, 15) is 14.0 Å². The van der Waals surface area contributed by atoms with Crippen molar-refractivity contribution in [3.05, 3.63) is 70.8 Å². The summed E-state index contributed by atoms with van der Waals surface area (Å²) in [4.78, 5) is 27.6.